The van der Waals surface area contributed by atoms with E-state index in [1.165, 1.54) is 5.56 Å². The first-order valence-electron chi connectivity index (χ1n) is 19.3. The molecule has 1 aromatic heterocycles. The average Bonchev–Trinajstić information content (AvgIpc) is 3.49. The van der Waals surface area contributed by atoms with Crippen LogP contribution >= 0.6 is 0 Å². The van der Waals surface area contributed by atoms with Crippen LogP contribution in [0.2, 0.25) is 0 Å². The van der Waals surface area contributed by atoms with Crippen LogP contribution in [0.25, 0.3) is 11.3 Å². The smallest absolute Gasteiger partial charge is 0.259 e. The van der Waals surface area contributed by atoms with Crippen LogP contribution in [0.3, 0.4) is 0 Å². The molecule has 5 aromatic rings. The van der Waals surface area contributed by atoms with Gasteiger partial charge in [0.05, 0.1) is 12.0 Å². The second-order valence-corrected chi connectivity index (χ2v) is 15.4. The first kappa shape index (κ1) is 38.4. The number of fused-ring (bicyclic) bond motifs is 2. The maximum absolute atomic E-state index is 14.9. The van der Waals surface area contributed by atoms with Crippen molar-refractivity contribution < 1.29 is 24.2 Å². The van der Waals surface area contributed by atoms with Crippen LogP contribution in [-0.2, 0) is 44.2 Å². The fourth-order valence-corrected chi connectivity index (χ4v) is 7.80. The Morgan fingerprint density at radius 2 is 1.55 bits per heavy atom. The lowest BCUT2D eigenvalue weighted by atomic mass is 9.89. The van der Waals surface area contributed by atoms with Crippen LogP contribution in [-0.4, -0.2) is 89.0 Å². The summed E-state index contributed by atoms with van der Waals surface area (Å²) >= 11 is 0. The van der Waals surface area contributed by atoms with Crippen molar-refractivity contribution in [2.45, 2.75) is 52.2 Å². The molecule has 10 nitrogen and oxygen atoms in total. The van der Waals surface area contributed by atoms with Crippen molar-refractivity contribution in [1.29, 1.82) is 0 Å². The number of benzene rings is 4. The van der Waals surface area contributed by atoms with E-state index in [-0.39, 0.29) is 35.9 Å². The summed E-state index contributed by atoms with van der Waals surface area (Å²) in [6.07, 6.45) is 1.69. The van der Waals surface area contributed by atoms with Crippen molar-refractivity contribution in [3.63, 3.8) is 0 Å². The minimum atomic E-state index is -0.192. The first-order valence-corrected chi connectivity index (χ1v) is 19.3. The lowest BCUT2D eigenvalue weighted by Gasteiger charge is -2.36. The fourth-order valence-electron chi connectivity index (χ4n) is 7.80. The molecule has 56 heavy (non-hydrogen) atoms. The molecule has 7 rings (SSSR count). The monoisotopic (exact) mass is 753 g/mol. The zero-order chi connectivity index (χ0) is 39.7. The Balaban J connectivity index is 1.20. The summed E-state index contributed by atoms with van der Waals surface area (Å²) in [6, 6.07) is 28.5. The van der Waals surface area contributed by atoms with Crippen molar-refractivity contribution in [2.75, 3.05) is 45.7 Å². The van der Waals surface area contributed by atoms with Gasteiger partial charge >= 0.3 is 0 Å². The highest BCUT2D eigenvalue weighted by Crippen LogP contribution is 2.36. The Morgan fingerprint density at radius 1 is 0.839 bits per heavy atom. The van der Waals surface area contributed by atoms with Crippen molar-refractivity contribution in [2.24, 2.45) is 7.05 Å². The number of carbonyl (C=O) groups excluding carboxylic acids is 3. The van der Waals surface area contributed by atoms with Gasteiger partial charge in [-0.3, -0.25) is 14.4 Å². The Morgan fingerprint density at radius 3 is 2.27 bits per heavy atom. The van der Waals surface area contributed by atoms with Gasteiger partial charge in [-0.2, -0.15) is 0 Å². The van der Waals surface area contributed by atoms with Crippen LogP contribution in [0.15, 0.2) is 91.0 Å². The summed E-state index contributed by atoms with van der Waals surface area (Å²) in [5.74, 6) is 0.679. The van der Waals surface area contributed by atoms with E-state index in [1.807, 2.05) is 91.0 Å². The highest BCUT2D eigenvalue weighted by atomic mass is 16.5. The maximum Gasteiger partial charge on any atom is 0.259 e. The minimum Gasteiger partial charge on any atom is -0.508 e. The van der Waals surface area contributed by atoms with Crippen molar-refractivity contribution in [3.05, 3.63) is 136 Å². The molecule has 4 aromatic carbocycles. The second-order valence-electron chi connectivity index (χ2n) is 15.4. The molecule has 0 spiro atoms. The van der Waals surface area contributed by atoms with E-state index in [0.29, 0.717) is 49.5 Å². The number of aromatic hydroxyl groups is 1. The summed E-state index contributed by atoms with van der Waals surface area (Å²) in [4.78, 5) is 50.0. The van der Waals surface area contributed by atoms with E-state index >= 15 is 0 Å². The predicted molar refractivity (Wildman–Crippen MR) is 219 cm³/mol. The third kappa shape index (κ3) is 7.93. The number of aromatic nitrogens is 1. The number of hydrogen-bond acceptors (Lipinski definition) is 6. The van der Waals surface area contributed by atoms with Crippen LogP contribution in [0.4, 0.5) is 5.69 Å². The average molecular weight is 754 g/mol. The quantitative estimate of drug-likeness (QED) is 0.172. The number of rotatable bonds is 10. The molecule has 0 fully saturated rings. The van der Waals surface area contributed by atoms with Crippen molar-refractivity contribution >= 4 is 23.4 Å². The number of hydrogen-bond donors (Lipinski definition) is 1. The number of phenolic OH excluding ortho intramolecular Hbond substituents is 1. The van der Waals surface area contributed by atoms with Crippen molar-refractivity contribution in [1.82, 2.24) is 19.3 Å². The lowest BCUT2D eigenvalue weighted by molar-refractivity contribution is -0.131. The van der Waals surface area contributed by atoms with Crippen LogP contribution in [0.5, 0.6) is 11.5 Å². The van der Waals surface area contributed by atoms with Crippen LogP contribution in [0, 0.1) is 6.92 Å². The van der Waals surface area contributed by atoms with Gasteiger partial charge < -0.3 is 34.0 Å². The SMILES string of the molecule is Cc1c(C(=O)N(C)c2ccc(O)cc2)cc(-c2cc3c(cc2C(=O)N2Cc4ccccc4C[C@H]2C)CN(C(=O)Cc2ccc(OCCN(C)C)cc2)CC3)n1C. The topological polar surface area (TPSA) is 98.6 Å². The molecule has 10 heteroatoms. The normalized spacial score (nSPS) is 15.0. The zero-order valence-corrected chi connectivity index (χ0v) is 33.2. The summed E-state index contributed by atoms with van der Waals surface area (Å²) < 4.78 is 7.82. The number of amides is 3. The van der Waals surface area contributed by atoms with Gasteiger partial charge in [0.2, 0.25) is 5.91 Å². The van der Waals surface area contributed by atoms with Gasteiger partial charge in [0, 0.05) is 74.5 Å². The highest BCUT2D eigenvalue weighted by molar-refractivity contribution is 6.08. The molecule has 1 atom stereocenters. The van der Waals surface area contributed by atoms with Gasteiger partial charge in [-0.25, -0.2) is 0 Å². The van der Waals surface area contributed by atoms with Crippen LogP contribution < -0.4 is 9.64 Å². The van der Waals surface area contributed by atoms with E-state index in [9.17, 15) is 19.5 Å². The Kier molecular flexibility index (Phi) is 11.0. The molecule has 0 aliphatic carbocycles. The molecule has 3 amide bonds. The van der Waals surface area contributed by atoms with E-state index < -0.39 is 0 Å². The number of carbonyl (C=O) groups is 3. The lowest BCUT2D eigenvalue weighted by Crippen LogP contribution is -2.43. The molecule has 3 heterocycles. The third-order valence-corrected chi connectivity index (χ3v) is 11.4. The van der Waals surface area contributed by atoms with Crippen molar-refractivity contribution in [3.8, 4) is 22.8 Å². The molecule has 0 bridgehead atoms. The summed E-state index contributed by atoms with van der Waals surface area (Å²) in [5.41, 5.74) is 9.42. The standard InChI is InChI=1S/C46H51N5O5/c1-30-23-33-9-7-8-10-35(33)29-51(30)46(55)42-26-36-28-50(44(53)24-32-11-17-39(18-12-32)56-22-21-47(3)4)20-19-34(36)25-41(42)43-27-40(31(2)48(43)5)45(54)49(6)37-13-15-38(52)16-14-37/h7-18,25-27,30,52H,19-24,28-29H2,1-6H3/t30-/m1/s1. The summed E-state index contributed by atoms with van der Waals surface area (Å²) in [7, 11) is 7.66. The van der Waals surface area contributed by atoms with E-state index in [0.717, 1.165) is 57.9 Å². The summed E-state index contributed by atoms with van der Waals surface area (Å²) in [6.45, 7) is 6.91. The molecule has 0 saturated heterocycles. The molecular weight excluding hydrogens is 703 g/mol. The first-order chi connectivity index (χ1) is 26.9. The number of anilines is 1. The third-order valence-electron chi connectivity index (χ3n) is 11.4. The fraction of sp³-hybridized carbons (Fsp3) is 0.326. The van der Waals surface area contributed by atoms with Gasteiger partial charge in [0.25, 0.3) is 11.8 Å². The second kappa shape index (κ2) is 16.1. The Bertz CT molecular complexity index is 2260. The molecule has 290 valence electrons. The van der Waals surface area contributed by atoms with Crippen LogP contribution in [0.1, 0.15) is 61.2 Å². The van der Waals surface area contributed by atoms with Gasteiger partial charge in [-0.15, -0.1) is 0 Å². The maximum atomic E-state index is 14.9. The number of ether oxygens (including phenoxy) is 1. The number of nitrogens with zero attached hydrogens (tertiary/aromatic N) is 5. The molecule has 2 aliphatic rings. The summed E-state index contributed by atoms with van der Waals surface area (Å²) in [5, 5.41) is 9.80. The van der Waals surface area contributed by atoms with Gasteiger partial charge in [0.1, 0.15) is 18.1 Å². The molecular formula is C46H51N5O5. The minimum absolute atomic E-state index is 0.0182. The molecule has 0 saturated carbocycles. The largest absolute Gasteiger partial charge is 0.508 e. The number of phenols is 1. The van der Waals surface area contributed by atoms with E-state index in [4.69, 9.17) is 4.74 Å². The molecule has 0 unspecified atom stereocenters. The van der Waals surface area contributed by atoms with Gasteiger partial charge in [-0.05, 0) is 123 Å². The molecule has 1 N–H and O–H groups in total. The molecule has 0 radical (unpaired) electrons. The number of likely N-dealkylation sites (N-methyl/N-ethyl adjacent to an activating group) is 1. The zero-order valence-electron chi connectivity index (χ0n) is 33.2. The Hall–Kier alpha value is -5.87. The van der Waals surface area contributed by atoms with E-state index in [2.05, 4.69) is 30.0 Å². The van der Waals surface area contributed by atoms with E-state index in [1.54, 1.807) is 36.2 Å². The van der Waals surface area contributed by atoms with Gasteiger partial charge in [-0.1, -0.05) is 36.4 Å². The highest BCUT2D eigenvalue weighted by Gasteiger charge is 2.32. The Labute approximate surface area is 329 Å². The van der Waals surface area contributed by atoms with Gasteiger partial charge in [0.15, 0.2) is 0 Å². The molecule has 2 aliphatic heterocycles. The predicted octanol–water partition coefficient (Wildman–Crippen LogP) is 6.64.